The second-order valence-corrected chi connectivity index (χ2v) is 8.28. The van der Waals surface area contributed by atoms with Crippen molar-refractivity contribution in [1.82, 2.24) is 4.98 Å². The van der Waals surface area contributed by atoms with E-state index in [9.17, 15) is 13.6 Å². The zero-order valence-corrected chi connectivity index (χ0v) is 16.2. The van der Waals surface area contributed by atoms with E-state index < -0.39 is 17.8 Å². The standard InChI is InChI=1S/C22H26F2N2O/c1-13(2)11-15-18-16(22(3,4)19(15)20(23)24)8-5-9-17(18)26-21(27)14-7-6-10-25-12-14/h5-10,12-13,15,19-20H,11H2,1-4H3,(H,26,27). The third-order valence-corrected chi connectivity index (χ3v) is 5.61. The summed E-state index contributed by atoms with van der Waals surface area (Å²) in [6.45, 7) is 7.86. The van der Waals surface area contributed by atoms with Crippen molar-refractivity contribution < 1.29 is 13.6 Å². The molecule has 2 atom stereocenters. The van der Waals surface area contributed by atoms with Crippen molar-refractivity contribution in [3.05, 3.63) is 59.4 Å². The SMILES string of the molecule is CC(C)CC1c2c(NC(=O)c3cccnc3)cccc2C(C)(C)C1C(F)F. The van der Waals surface area contributed by atoms with Crippen LogP contribution in [-0.4, -0.2) is 17.3 Å². The number of carbonyl (C=O) groups excluding carboxylic acids is 1. The van der Waals surface area contributed by atoms with Crippen LogP contribution in [-0.2, 0) is 5.41 Å². The lowest BCUT2D eigenvalue weighted by Crippen LogP contribution is -2.32. The van der Waals surface area contributed by atoms with E-state index in [1.54, 1.807) is 18.3 Å². The number of hydrogen-bond donors (Lipinski definition) is 1. The molecule has 0 saturated carbocycles. The lowest BCUT2D eigenvalue weighted by atomic mass is 9.74. The first-order valence-corrected chi connectivity index (χ1v) is 9.36. The Morgan fingerprint density at radius 2 is 1.96 bits per heavy atom. The van der Waals surface area contributed by atoms with E-state index in [2.05, 4.69) is 10.3 Å². The van der Waals surface area contributed by atoms with Crippen molar-refractivity contribution in [2.75, 3.05) is 5.32 Å². The van der Waals surface area contributed by atoms with Crippen LogP contribution in [0.25, 0.3) is 0 Å². The number of carbonyl (C=O) groups is 1. The number of aromatic nitrogens is 1. The fraction of sp³-hybridized carbons (Fsp3) is 0.455. The number of nitrogens with zero attached hydrogens (tertiary/aromatic N) is 1. The van der Waals surface area contributed by atoms with Gasteiger partial charge >= 0.3 is 0 Å². The highest BCUT2D eigenvalue weighted by Gasteiger charge is 2.51. The summed E-state index contributed by atoms with van der Waals surface area (Å²) in [5.74, 6) is -1.06. The van der Waals surface area contributed by atoms with Gasteiger partial charge in [0.2, 0.25) is 6.43 Å². The van der Waals surface area contributed by atoms with Crippen molar-refractivity contribution in [3.63, 3.8) is 0 Å². The first-order valence-electron chi connectivity index (χ1n) is 9.36. The van der Waals surface area contributed by atoms with Gasteiger partial charge in [-0.05, 0) is 53.0 Å². The summed E-state index contributed by atoms with van der Waals surface area (Å²) in [6, 6.07) is 8.94. The molecule has 0 spiro atoms. The number of rotatable bonds is 5. The number of hydrogen-bond acceptors (Lipinski definition) is 2. The molecule has 3 rings (SSSR count). The number of amides is 1. The Bertz CT molecular complexity index is 818. The third kappa shape index (κ3) is 3.60. The third-order valence-electron chi connectivity index (χ3n) is 5.61. The van der Waals surface area contributed by atoms with E-state index in [0.717, 1.165) is 11.1 Å². The molecule has 1 aromatic heterocycles. The monoisotopic (exact) mass is 372 g/mol. The minimum Gasteiger partial charge on any atom is -0.322 e. The van der Waals surface area contributed by atoms with E-state index in [1.165, 1.54) is 6.20 Å². The van der Waals surface area contributed by atoms with Gasteiger partial charge in [-0.25, -0.2) is 8.78 Å². The molecule has 0 fully saturated rings. The summed E-state index contributed by atoms with van der Waals surface area (Å²) in [5, 5.41) is 2.94. The van der Waals surface area contributed by atoms with E-state index in [0.29, 0.717) is 17.7 Å². The number of anilines is 1. The molecule has 1 aliphatic rings. The number of benzene rings is 1. The topological polar surface area (TPSA) is 42.0 Å². The zero-order chi connectivity index (χ0) is 19.8. The molecule has 2 aromatic rings. The predicted molar refractivity (Wildman–Crippen MR) is 103 cm³/mol. The maximum Gasteiger partial charge on any atom is 0.257 e. The lowest BCUT2D eigenvalue weighted by molar-refractivity contribution is 0.0287. The van der Waals surface area contributed by atoms with Crippen LogP contribution in [0.15, 0.2) is 42.7 Å². The summed E-state index contributed by atoms with van der Waals surface area (Å²) in [4.78, 5) is 16.6. The van der Waals surface area contributed by atoms with Crippen molar-refractivity contribution in [3.8, 4) is 0 Å². The molecule has 1 heterocycles. The average molecular weight is 372 g/mol. The molecular formula is C22H26F2N2O. The zero-order valence-electron chi connectivity index (χ0n) is 16.2. The number of alkyl halides is 2. The Hall–Kier alpha value is -2.30. The smallest absolute Gasteiger partial charge is 0.257 e. The molecule has 0 aliphatic heterocycles. The molecule has 3 nitrogen and oxygen atoms in total. The molecule has 1 amide bonds. The molecule has 2 unspecified atom stereocenters. The van der Waals surface area contributed by atoms with E-state index in [-0.39, 0.29) is 17.7 Å². The second kappa shape index (κ2) is 7.37. The van der Waals surface area contributed by atoms with Gasteiger partial charge in [0.25, 0.3) is 5.91 Å². The van der Waals surface area contributed by atoms with Crippen molar-refractivity contribution in [2.45, 2.75) is 51.9 Å². The first kappa shape index (κ1) is 19.5. The highest BCUT2D eigenvalue weighted by atomic mass is 19.3. The normalized spacial score (nSPS) is 20.7. The van der Waals surface area contributed by atoms with E-state index in [4.69, 9.17) is 0 Å². The van der Waals surface area contributed by atoms with Crippen molar-refractivity contribution in [2.24, 2.45) is 11.8 Å². The molecule has 0 radical (unpaired) electrons. The minimum absolute atomic E-state index is 0.278. The van der Waals surface area contributed by atoms with Crippen LogP contribution in [0, 0.1) is 11.8 Å². The fourth-order valence-electron chi connectivity index (χ4n) is 4.45. The van der Waals surface area contributed by atoms with Gasteiger partial charge in [-0.1, -0.05) is 39.8 Å². The van der Waals surface area contributed by atoms with Crippen LogP contribution >= 0.6 is 0 Å². The molecule has 27 heavy (non-hydrogen) atoms. The molecule has 0 bridgehead atoms. The molecule has 1 aliphatic carbocycles. The number of fused-ring (bicyclic) bond motifs is 1. The van der Waals surface area contributed by atoms with E-state index >= 15 is 0 Å². The van der Waals surface area contributed by atoms with Crippen LogP contribution in [0.4, 0.5) is 14.5 Å². The highest BCUT2D eigenvalue weighted by molar-refractivity contribution is 6.04. The van der Waals surface area contributed by atoms with Crippen molar-refractivity contribution in [1.29, 1.82) is 0 Å². The van der Waals surface area contributed by atoms with Gasteiger partial charge in [0.05, 0.1) is 5.56 Å². The van der Waals surface area contributed by atoms with Crippen LogP contribution in [0.1, 0.15) is 61.5 Å². The average Bonchev–Trinajstić information content (AvgIpc) is 2.83. The van der Waals surface area contributed by atoms with Crippen LogP contribution in [0.5, 0.6) is 0 Å². The van der Waals surface area contributed by atoms with Crippen LogP contribution in [0.2, 0.25) is 0 Å². The summed E-state index contributed by atoms with van der Waals surface area (Å²) in [6.07, 6.45) is 1.34. The quantitative estimate of drug-likeness (QED) is 0.738. The Morgan fingerprint density at radius 1 is 1.22 bits per heavy atom. The molecule has 1 aromatic carbocycles. The first-order chi connectivity index (χ1) is 12.7. The number of pyridine rings is 1. The molecule has 5 heteroatoms. The van der Waals surface area contributed by atoms with Gasteiger partial charge in [-0.2, -0.15) is 0 Å². The lowest BCUT2D eigenvalue weighted by Gasteiger charge is -2.31. The molecule has 1 N–H and O–H groups in total. The largest absolute Gasteiger partial charge is 0.322 e. The number of halogens is 2. The number of nitrogens with one attached hydrogen (secondary N) is 1. The Balaban J connectivity index is 2.05. The van der Waals surface area contributed by atoms with Gasteiger partial charge in [0, 0.05) is 24.0 Å². The van der Waals surface area contributed by atoms with Crippen LogP contribution < -0.4 is 5.32 Å². The fourth-order valence-corrected chi connectivity index (χ4v) is 4.45. The molecule has 0 saturated heterocycles. The molecule has 144 valence electrons. The maximum atomic E-state index is 14.1. The van der Waals surface area contributed by atoms with Gasteiger partial charge in [0.15, 0.2) is 0 Å². The summed E-state index contributed by atoms with van der Waals surface area (Å²) < 4.78 is 28.1. The Labute approximate surface area is 159 Å². The Morgan fingerprint density at radius 3 is 2.56 bits per heavy atom. The maximum absolute atomic E-state index is 14.1. The van der Waals surface area contributed by atoms with Gasteiger partial charge < -0.3 is 5.32 Å². The minimum atomic E-state index is -2.42. The second-order valence-electron chi connectivity index (χ2n) is 8.28. The van der Waals surface area contributed by atoms with Gasteiger partial charge in [-0.3, -0.25) is 9.78 Å². The summed E-state index contributed by atoms with van der Waals surface area (Å²) in [5.41, 5.74) is 2.18. The van der Waals surface area contributed by atoms with Gasteiger partial charge in [-0.15, -0.1) is 0 Å². The summed E-state index contributed by atoms with van der Waals surface area (Å²) >= 11 is 0. The van der Waals surface area contributed by atoms with Gasteiger partial charge in [0.1, 0.15) is 0 Å². The van der Waals surface area contributed by atoms with Crippen LogP contribution in [0.3, 0.4) is 0 Å². The Kier molecular flexibility index (Phi) is 5.31. The highest BCUT2D eigenvalue weighted by Crippen LogP contribution is 2.56. The predicted octanol–water partition coefficient (Wildman–Crippen LogP) is 5.64. The van der Waals surface area contributed by atoms with E-state index in [1.807, 2.05) is 45.9 Å². The van der Waals surface area contributed by atoms with Crippen molar-refractivity contribution >= 4 is 11.6 Å². The molecular weight excluding hydrogens is 346 g/mol. The summed E-state index contributed by atoms with van der Waals surface area (Å²) in [7, 11) is 0.